The number of nitrogens with one attached hydrogen (secondary N) is 1. The van der Waals surface area contributed by atoms with Crippen LogP contribution in [0.15, 0.2) is 451 Å². The molecular weight excluding hydrogens is 1870 g/mol. The molecule has 6 heterocycles. The van der Waals surface area contributed by atoms with E-state index in [2.05, 4.69) is 380 Å². The first-order valence-corrected chi connectivity index (χ1v) is 48.9. The normalized spacial score (nSPS) is 12.9. The minimum Gasteiger partial charge on any atom is -0.455 e. The van der Waals surface area contributed by atoms with E-state index in [0.29, 0.717) is 10.0 Å². The SMILES string of the molecule is Brc1ccc2oc3c4ccccc4c4ccccc4c3c2c1.CC1(C)OB(c2ccc3oc4c5ccccc5c5ccccc5c4c3c2)OC1(C)C.O=[N+]([O-])c1ccccc1-c1ccc2oc3c4ccccc4c4ccccc4c3c2c1.O=[N+]([O-])c1ccccc1Br.c1ccc(P(c2ccccc2)c2ccccc2)cc1.c1ccc2c(c1)[nH]c1cc3oc4c5ccccc5c5ccccc5c4c3cc12. The number of para-hydroxylation sites is 3. The van der Waals surface area contributed by atoms with Gasteiger partial charge >= 0.3 is 7.12 Å². The summed E-state index contributed by atoms with van der Waals surface area (Å²) in [5.74, 6) is 0. The topological polar surface area (TPSA) is 173 Å². The molecule has 0 atom stereocenters. The van der Waals surface area contributed by atoms with Gasteiger partial charge in [0, 0.05) is 104 Å². The molecule has 0 saturated carbocycles. The Morgan fingerprint density at radius 1 is 0.273 bits per heavy atom. The Morgan fingerprint density at radius 2 is 0.590 bits per heavy atom. The summed E-state index contributed by atoms with van der Waals surface area (Å²) in [7, 11) is -0.839. The number of nitrogens with zero attached hydrogens (tertiary/aromatic N) is 2. The minimum atomic E-state index is -0.446. The number of fused-ring (bicyclic) bond motifs is 35. The molecule has 0 spiro atoms. The van der Waals surface area contributed by atoms with Crippen molar-refractivity contribution in [2.24, 2.45) is 0 Å². The maximum atomic E-state index is 11.5. The Hall–Kier alpha value is -15.9. The highest BCUT2D eigenvalue weighted by Gasteiger charge is 2.52. The fourth-order valence-electron chi connectivity index (χ4n) is 19.9. The third-order valence-electron chi connectivity index (χ3n) is 27.0. The standard InChI is InChI=1S/C26H23BO3.C26H15NO3.C26H15NO.C20H11BrO.C18H15P.C6H4BrNO2/c1-25(2)26(3,4)30-27(29-25)16-13-14-22-21(15-16)23-19-11-7-5-9-17(19)18-10-6-8-12-20(18)24(23)28-22;28-27(29)23-12-6-5-7-17(23)16-13-14-24-22(15-16)25-20-10-3-1-8-18(20)19-9-2-4-11-21(19)26(25)30-24;1-3-10-18-15(7-1)16-8-2-4-11-19(16)26-25(18)21-13-20-17-9-5-6-12-22(17)27-23(20)14-24(21)28-26;21-12-9-10-18-17(11-12)19-15-7-3-1-5-13(15)14-6-2-4-8-16(14)20(19)22-18;1-4-10-16(11-5-1)19(17-12-6-2-7-13-17)18-14-8-3-9-15-18;7-5-3-1-2-4-6(5)8(9)10/h5-15H,1-4H3;1-15H;1-14,27H;1-11H;1-15H;1-4H. The van der Waals surface area contributed by atoms with Gasteiger partial charge in [0.2, 0.25) is 0 Å². The lowest BCUT2D eigenvalue weighted by Crippen LogP contribution is -2.41. The molecule has 13 nitrogen and oxygen atoms in total. The quantitative estimate of drug-likeness (QED) is 0.0532. The number of aromatic nitrogens is 1. The Bertz CT molecular complexity index is 9460. The molecule has 0 bridgehead atoms. The summed E-state index contributed by atoms with van der Waals surface area (Å²) in [6.45, 7) is 8.33. The van der Waals surface area contributed by atoms with Gasteiger partial charge in [-0.3, -0.25) is 20.2 Å². The first-order valence-electron chi connectivity index (χ1n) is 46.0. The minimum absolute atomic E-state index is 0.0972. The number of rotatable bonds is 7. The monoisotopic (exact) mass is 1950 g/mol. The van der Waals surface area contributed by atoms with Crippen molar-refractivity contribution < 1.29 is 36.8 Å². The largest absolute Gasteiger partial charge is 0.494 e. The summed E-state index contributed by atoms with van der Waals surface area (Å²) < 4.78 is 39.5. The molecule has 17 heteroatoms. The van der Waals surface area contributed by atoms with E-state index in [9.17, 15) is 20.2 Å². The van der Waals surface area contributed by atoms with Crippen LogP contribution in [-0.4, -0.2) is 33.2 Å². The molecule has 0 radical (unpaired) electrons. The summed E-state index contributed by atoms with van der Waals surface area (Å²) in [4.78, 5) is 24.5. The molecule has 139 heavy (non-hydrogen) atoms. The predicted octanol–water partition coefficient (Wildman–Crippen LogP) is 33.6. The van der Waals surface area contributed by atoms with Crippen molar-refractivity contribution in [1.29, 1.82) is 0 Å². The van der Waals surface area contributed by atoms with Crippen LogP contribution in [0.4, 0.5) is 11.4 Å². The number of aromatic amines is 1. The van der Waals surface area contributed by atoms with E-state index < -0.39 is 20.0 Å². The van der Waals surface area contributed by atoms with Gasteiger partial charge in [0.25, 0.3) is 11.4 Å². The molecule has 1 saturated heterocycles. The highest BCUT2D eigenvalue weighted by Crippen LogP contribution is 2.49. The molecule has 22 aromatic carbocycles. The van der Waals surface area contributed by atoms with E-state index in [4.69, 9.17) is 27.0 Å². The predicted molar refractivity (Wildman–Crippen MR) is 586 cm³/mol. The Kier molecular flexibility index (Phi) is 22.6. The molecule has 27 aromatic rings. The van der Waals surface area contributed by atoms with Gasteiger partial charge in [0.15, 0.2) is 0 Å². The number of furan rings is 4. The molecule has 1 N–H and O–H groups in total. The fraction of sp³-hybridized carbons (Fsp3) is 0.0492. The van der Waals surface area contributed by atoms with Crippen LogP contribution in [0.2, 0.25) is 0 Å². The van der Waals surface area contributed by atoms with Gasteiger partial charge in [0.1, 0.15) is 44.7 Å². The Labute approximate surface area is 814 Å². The van der Waals surface area contributed by atoms with Crippen molar-refractivity contribution in [3.63, 3.8) is 0 Å². The lowest BCUT2D eigenvalue weighted by atomic mass is 9.78. The van der Waals surface area contributed by atoms with E-state index >= 15 is 0 Å². The summed E-state index contributed by atoms with van der Waals surface area (Å²) >= 11 is 6.63. The lowest BCUT2D eigenvalue weighted by molar-refractivity contribution is -0.385. The average molecular weight is 1950 g/mol. The lowest BCUT2D eigenvalue weighted by Gasteiger charge is -2.32. The molecule has 1 aliphatic heterocycles. The number of H-pyrrole nitrogens is 1. The zero-order valence-electron chi connectivity index (χ0n) is 75.7. The number of hydrogen-bond acceptors (Lipinski definition) is 10. The summed E-state index contributed by atoms with van der Waals surface area (Å²) in [5, 5.41) is 56.5. The number of nitro benzene ring substituents is 2. The summed E-state index contributed by atoms with van der Waals surface area (Å²) in [5.41, 5.74) is 11.4. The van der Waals surface area contributed by atoms with Gasteiger partial charge in [0.05, 0.1) is 36.6 Å². The van der Waals surface area contributed by atoms with Gasteiger partial charge in [-0.25, -0.2) is 0 Å². The number of benzene rings is 22. The molecule has 28 rings (SSSR count). The Balaban J connectivity index is 0.0000000955. The van der Waals surface area contributed by atoms with Crippen LogP contribution in [0.5, 0.6) is 0 Å². The molecule has 0 unspecified atom stereocenters. The van der Waals surface area contributed by atoms with Crippen molar-refractivity contribution in [2.45, 2.75) is 38.9 Å². The molecule has 1 fully saturated rings. The molecule has 5 aromatic heterocycles. The highest BCUT2D eigenvalue weighted by molar-refractivity contribution is 9.10. The van der Waals surface area contributed by atoms with Crippen molar-refractivity contribution in [3.8, 4) is 11.1 Å². The van der Waals surface area contributed by atoms with E-state index in [0.717, 1.165) is 120 Å². The Morgan fingerprint density at radius 3 is 1.00 bits per heavy atom. The van der Waals surface area contributed by atoms with Crippen LogP contribution in [0, 0.1) is 20.2 Å². The maximum absolute atomic E-state index is 11.5. The van der Waals surface area contributed by atoms with Gasteiger partial charge in [-0.05, 0) is 204 Å². The van der Waals surface area contributed by atoms with Crippen LogP contribution in [0.3, 0.4) is 0 Å². The van der Waals surface area contributed by atoms with Crippen molar-refractivity contribution >= 4 is 275 Å². The first kappa shape index (κ1) is 87.2. The van der Waals surface area contributed by atoms with E-state index in [1.807, 2.05) is 66.7 Å². The van der Waals surface area contributed by atoms with Gasteiger partial charge in [-0.1, -0.05) is 362 Å². The first-order chi connectivity index (χ1) is 67.9. The highest BCUT2D eigenvalue weighted by atomic mass is 79.9. The molecular formula is C122H83BBr2N3O10P. The molecule has 0 amide bonds. The number of halogens is 2. The zero-order chi connectivity index (χ0) is 94.3. The third kappa shape index (κ3) is 15.7. The summed E-state index contributed by atoms with van der Waals surface area (Å²) in [6.07, 6.45) is 0. The van der Waals surface area contributed by atoms with Crippen molar-refractivity contribution in [1.82, 2.24) is 4.98 Å². The second-order valence-corrected chi connectivity index (χ2v) is 39.7. The zero-order valence-corrected chi connectivity index (χ0v) is 79.7. The molecule has 668 valence electrons. The van der Waals surface area contributed by atoms with Crippen LogP contribution >= 0.6 is 39.8 Å². The maximum Gasteiger partial charge on any atom is 0.494 e. The fourth-order valence-corrected chi connectivity index (χ4v) is 23.0. The van der Waals surface area contributed by atoms with Crippen LogP contribution in [0.1, 0.15) is 27.7 Å². The van der Waals surface area contributed by atoms with E-state index in [-0.39, 0.29) is 27.5 Å². The summed E-state index contributed by atoms with van der Waals surface area (Å²) in [6, 6.07) is 145. The van der Waals surface area contributed by atoms with Crippen LogP contribution in [0.25, 0.3) is 207 Å². The third-order valence-corrected chi connectivity index (χ3v) is 30.6. The molecule has 0 aliphatic carbocycles. The number of hydrogen-bond donors (Lipinski definition) is 1. The van der Waals surface area contributed by atoms with E-state index in [1.165, 1.54) is 120 Å². The average Bonchev–Trinajstić information content (AvgIpc) is 1.58. The van der Waals surface area contributed by atoms with Crippen LogP contribution in [-0.2, 0) is 9.31 Å². The van der Waals surface area contributed by atoms with Crippen LogP contribution < -0.4 is 21.4 Å². The molecule has 1 aliphatic rings. The van der Waals surface area contributed by atoms with Gasteiger partial charge < -0.3 is 32.0 Å². The van der Waals surface area contributed by atoms with Crippen molar-refractivity contribution in [3.05, 3.63) is 454 Å². The van der Waals surface area contributed by atoms with E-state index in [1.54, 1.807) is 30.3 Å². The second-order valence-electron chi connectivity index (χ2n) is 35.7. The second kappa shape index (κ2) is 36.0. The van der Waals surface area contributed by atoms with Crippen molar-refractivity contribution in [2.75, 3.05) is 0 Å². The van der Waals surface area contributed by atoms with Gasteiger partial charge in [-0.15, -0.1) is 0 Å². The van der Waals surface area contributed by atoms with Gasteiger partial charge in [-0.2, -0.15) is 0 Å². The number of nitro groups is 2. The smallest absolute Gasteiger partial charge is 0.455 e.